The average Bonchev–Trinajstić information content (AvgIpc) is 2.18. The molecule has 0 fully saturated rings. The molecule has 0 unspecified atom stereocenters. The molecule has 0 aromatic heterocycles. The minimum Gasteiger partial charge on any atom is -0.508 e. The Hall–Kier alpha value is -1.22. The number of rotatable bonds is 5. The first-order valence-corrected chi connectivity index (χ1v) is 5.31. The molecule has 0 spiro atoms. The Bertz CT molecular complexity index is 325. The van der Waals surface area contributed by atoms with Crippen molar-refractivity contribution in [3.8, 4) is 11.5 Å². The maximum absolute atomic E-state index is 11.3. The fourth-order valence-electron chi connectivity index (χ4n) is 1.09. The largest absolute Gasteiger partial charge is 0.508 e. The number of aromatic hydroxyl groups is 1. The van der Waals surface area contributed by atoms with Crippen molar-refractivity contribution in [2.75, 3.05) is 5.88 Å². The summed E-state index contributed by atoms with van der Waals surface area (Å²) in [6.07, 6.45) is 1.88. The van der Waals surface area contributed by atoms with E-state index >= 15 is 0 Å². The standard InChI is InChI=1S/C11H13ClO3/c12-7-2-1-6-11(14)15-10-5-3-4-9(13)8-10/h3-5,8,13H,1-2,6-7H2. The van der Waals surface area contributed by atoms with Crippen LogP contribution in [0.5, 0.6) is 11.5 Å². The second-order valence-corrected chi connectivity index (χ2v) is 3.50. The van der Waals surface area contributed by atoms with E-state index in [4.69, 9.17) is 21.4 Å². The van der Waals surface area contributed by atoms with E-state index in [-0.39, 0.29) is 11.7 Å². The van der Waals surface area contributed by atoms with Crippen LogP contribution in [0.4, 0.5) is 0 Å². The molecule has 1 rings (SSSR count). The zero-order chi connectivity index (χ0) is 11.1. The minimum atomic E-state index is -0.300. The Kier molecular flexibility index (Phi) is 4.98. The number of benzene rings is 1. The summed E-state index contributed by atoms with van der Waals surface area (Å²) in [7, 11) is 0. The van der Waals surface area contributed by atoms with Gasteiger partial charge in [-0.25, -0.2) is 0 Å². The molecule has 0 saturated carbocycles. The smallest absolute Gasteiger partial charge is 0.311 e. The van der Waals surface area contributed by atoms with Gasteiger partial charge in [-0.3, -0.25) is 4.79 Å². The molecule has 0 bridgehead atoms. The molecule has 0 atom stereocenters. The Morgan fingerprint density at radius 2 is 2.20 bits per heavy atom. The first kappa shape index (κ1) is 11.9. The number of phenolic OH excluding ortho intramolecular Hbond substituents is 1. The highest BCUT2D eigenvalue weighted by Crippen LogP contribution is 2.18. The number of ether oxygens (including phenoxy) is 1. The molecule has 0 aliphatic heterocycles. The number of hydrogen-bond acceptors (Lipinski definition) is 3. The summed E-state index contributed by atoms with van der Waals surface area (Å²) >= 11 is 5.48. The molecule has 0 amide bonds. The Balaban J connectivity index is 2.37. The van der Waals surface area contributed by atoms with Gasteiger partial charge in [-0.15, -0.1) is 11.6 Å². The Morgan fingerprint density at radius 1 is 1.40 bits per heavy atom. The van der Waals surface area contributed by atoms with E-state index in [0.29, 0.717) is 18.1 Å². The summed E-state index contributed by atoms with van der Waals surface area (Å²) in [5.74, 6) is 0.706. The summed E-state index contributed by atoms with van der Waals surface area (Å²) in [5.41, 5.74) is 0. The van der Waals surface area contributed by atoms with Crippen molar-refractivity contribution >= 4 is 17.6 Å². The highest BCUT2D eigenvalue weighted by atomic mass is 35.5. The summed E-state index contributed by atoms with van der Waals surface area (Å²) < 4.78 is 5.00. The highest BCUT2D eigenvalue weighted by molar-refractivity contribution is 6.17. The van der Waals surface area contributed by atoms with Crippen LogP contribution in [0, 0.1) is 0 Å². The highest BCUT2D eigenvalue weighted by Gasteiger charge is 2.04. The molecule has 0 aliphatic rings. The zero-order valence-corrected chi connectivity index (χ0v) is 9.04. The van der Waals surface area contributed by atoms with Crippen LogP contribution in [0.3, 0.4) is 0 Å². The van der Waals surface area contributed by atoms with Crippen LogP contribution < -0.4 is 4.74 Å². The number of halogens is 1. The van der Waals surface area contributed by atoms with Gasteiger partial charge in [-0.2, -0.15) is 0 Å². The van der Waals surface area contributed by atoms with Crippen LogP contribution in [0.1, 0.15) is 19.3 Å². The minimum absolute atomic E-state index is 0.0843. The molecule has 0 radical (unpaired) electrons. The summed E-state index contributed by atoms with van der Waals surface area (Å²) in [6, 6.07) is 6.17. The molecule has 0 aliphatic carbocycles. The predicted molar refractivity (Wildman–Crippen MR) is 58.3 cm³/mol. The number of carbonyl (C=O) groups excluding carboxylic acids is 1. The van der Waals surface area contributed by atoms with Gasteiger partial charge in [0, 0.05) is 18.4 Å². The van der Waals surface area contributed by atoms with E-state index in [9.17, 15) is 4.79 Å². The molecule has 3 nitrogen and oxygen atoms in total. The first-order valence-electron chi connectivity index (χ1n) is 4.78. The van der Waals surface area contributed by atoms with Crippen molar-refractivity contribution < 1.29 is 14.6 Å². The number of hydrogen-bond donors (Lipinski definition) is 1. The van der Waals surface area contributed by atoms with E-state index in [1.54, 1.807) is 12.1 Å². The van der Waals surface area contributed by atoms with Crippen molar-refractivity contribution in [3.05, 3.63) is 24.3 Å². The van der Waals surface area contributed by atoms with Gasteiger partial charge in [0.15, 0.2) is 0 Å². The lowest BCUT2D eigenvalue weighted by Gasteiger charge is -2.03. The third-order valence-corrected chi connectivity index (χ3v) is 2.08. The molecular formula is C11H13ClO3. The molecule has 1 aromatic carbocycles. The maximum Gasteiger partial charge on any atom is 0.311 e. The fraction of sp³-hybridized carbons (Fsp3) is 0.364. The normalized spacial score (nSPS) is 9.93. The van der Waals surface area contributed by atoms with Gasteiger partial charge in [-0.1, -0.05) is 6.07 Å². The van der Waals surface area contributed by atoms with Crippen LogP contribution in [0.25, 0.3) is 0 Å². The van der Waals surface area contributed by atoms with Gasteiger partial charge in [-0.05, 0) is 25.0 Å². The van der Waals surface area contributed by atoms with Crippen LogP contribution in [0.15, 0.2) is 24.3 Å². The van der Waals surface area contributed by atoms with Crippen molar-refractivity contribution in [1.82, 2.24) is 0 Å². The van der Waals surface area contributed by atoms with Crippen molar-refractivity contribution in [1.29, 1.82) is 0 Å². The lowest BCUT2D eigenvalue weighted by atomic mass is 10.2. The summed E-state index contributed by atoms with van der Waals surface area (Å²) in [6.45, 7) is 0. The Morgan fingerprint density at radius 3 is 2.87 bits per heavy atom. The van der Waals surface area contributed by atoms with Crippen LogP contribution >= 0.6 is 11.6 Å². The van der Waals surface area contributed by atoms with Gasteiger partial charge >= 0.3 is 5.97 Å². The third-order valence-electron chi connectivity index (χ3n) is 1.81. The molecule has 4 heteroatoms. The maximum atomic E-state index is 11.3. The van der Waals surface area contributed by atoms with E-state index in [1.807, 2.05) is 0 Å². The number of unbranched alkanes of at least 4 members (excludes halogenated alkanes) is 1. The SMILES string of the molecule is O=C(CCCCCl)Oc1cccc(O)c1. The third kappa shape index (κ3) is 4.70. The van der Waals surface area contributed by atoms with Gasteiger partial charge < -0.3 is 9.84 Å². The van der Waals surface area contributed by atoms with Gasteiger partial charge in [0.1, 0.15) is 11.5 Å². The summed E-state index contributed by atoms with van der Waals surface area (Å²) in [4.78, 5) is 11.3. The zero-order valence-electron chi connectivity index (χ0n) is 8.28. The quantitative estimate of drug-likeness (QED) is 0.365. The molecule has 82 valence electrons. The van der Waals surface area contributed by atoms with E-state index < -0.39 is 0 Å². The number of alkyl halides is 1. The Labute approximate surface area is 93.6 Å². The number of phenols is 1. The molecule has 15 heavy (non-hydrogen) atoms. The lowest BCUT2D eigenvalue weighted by Crippen LogP contribution is -2.07. The van der Waals surface area contributed by atoms with Gasteiger partial charge in [0.2, 0.25) is 0 Å². The number of esters is 1. The number of carbonyl (C=O) groups is 1. The predicted octanol–water partition coefficient (Wildman–Crippen LogP) is 2.71. The van der Waals surface area contributed by atoms with E-state index in [0.717, 1.165) is 12.8 Å². The first-order chi connectivity index (χ1) is 7.22. The second kappa shape index (κ2) is 6.30. The van der Waals surface area contributed by atoms with Crippen LogP contribution in [0.2, 0.25) is 0 Å². The van der Waals surface area contributed by atoms with Crippen LogP contribution in [-0.4, -0.2) is 17.0 Å². The van der Waals surface area contributed by atoms with Crippen LogP contribution in [-0.2, 0) is 4.79 Å². The molecule has 0 heterocycles. The van der Waals surface area contributed by atoms with E-state index in [2.05, 4.69) is 0 Å². The van der Waals surface area contributed by atoms with Gasteiger partial charge in [0.25, 0.3) is 0 Å². The van der Waals surface area contributed by atoms with Crippen molar-refractivity contribution in [2.24, 2.45) is 0 Å². The van der Waals surface area contributed by atoms with Crippen molar-refractivity contribution in [3.63, 3.8) is 0 Å². The molecule has 0 saturated heterocycles. The second-order valence-electron chi connectivity index (χ2n) is 3.12. The monoisotopic (exact) mass is 228 g/mol. The van der Waals surface area contributed by atoms with Crippen molar-refractivity contribution in [2.45, 2.75) is 19.3 Å². The lowest BCUT2D eigenvalue weighted by molar-refractivity contribution is -0.134. The fourth-order valence-corrected chi connectivity index (χ4v) is 1.28. The van der Waals surface area contributed by atoms with E-state index in [1.165, 1.54) is 12.1 Å². The molecule has 1 N–H and O–H groups in total. The molecule has 1 aromatic rings. The summed E-state index contributed by atoms with van der Waals surface area (Å²) in [5, 5.41) is 9.13. The average molecular weight is 229 g/mol. The molecular weight excluding hydrogens is 216 g/mol. The van der Waals surface area contributed by atoms with Gasteiger partial charge in [0.05, 0.1) is 0 Å². The topological polar surface area (TPSA) is 46.5 Å².